The van der Waals surface area contributed by atoms with Gasteiger partial charge in [0.25, 0.3) is 0 Å². The van der Waals surface area contributed by atoms with Gasteiger partial charge in [-0.1, -0.05) is 55.4 Å². The fourth-order valence-electron chi connectivity index (χ4n) is 8.54. The van der Waals surface area contributed by atoms with Crippen molar-refractivity contribution in [3.63, 3.8) is 0 Å². The predicted octanol–water partition coefficient (Wildman–Crippen LogP) is 5.13. The van der Waals surface area contributed by atoms with Crippen LogP contribution in [0, 0.1) is 28.6 Å². The van der Waals surface area contributed by atoms with Crippen molar-refractivity contribution >= 4 is 34.2 Å². The molecule has 1 aromatic heterocycles. The summed E-state index contributed by atoms with van der Waals surface area (Å²) in [6, 6.07) is 11.9. The summed E-state index contributed by atoms with van der Waals surface area (Å²) in [5.41, 5.74) is -0.158. The zero-order chi connectivity index (χ0) is 25.3. The predicted molar refractivity (Wildman–Crippen MR) is 141 cm³/mol. The number of benzene rings is 1. The van der Waals surface area contributed by atoms with Gasteiger partial charge in [-0.3, -0.25) is 9.59 Å². The van der Waals surface area contributed by atoms with Crippen LogP contribution in [0.2, 0.25) is 0 Å². The smallest absolute Gasteiger partial charge is 0.175 e. The maximum Gasteiger partial charge on any atom is 0.175 e. The van der Waals surface area contributed by atoms with Crippen molar-refractivity contribution in [2.75, 3.05) is 5.75 Å². The average Bonchev–Trinajstić information content (AvgIpc) is 3.13. The fourth-order valence-corrected chi connectivity index (χ4v) is 9.38. The Hall–Kier alpha value is -2.02. The van der Waals surface area contributed by atoms with Gasteiger partial charge in [0, 0.05) is 17.2 Å². The van der Waals surface area contributed by atoms with Gasteiger partial charge in [-0.05, 0) is 79.9 Å². The van der Waals surface area contributed by atoms with Gasteiger partial charge >= 0.3 is 0 Å². The van der Waals surface area contributed by atoms with Gasteiger partial charge in [0.2, 0.25) is 0 Å². The largest absolute Gasteiger partial charge is 0.393 e. The number of carbonyl (C=O) groups is 2. The van der Waals surface area contributed by atoms with Gasteiger partial charge < -0.3 is 10.2 Å². The number of aliphatic hydroxyl groups excluding tert-OH is 1. The monoisotopic (exact) mass is 505 g/mol. The van der Waals surface area contributed by atoms with Crippen LogP contribution in [0.3, 0.4) is 0 Å². The number of Topliss-reactive ketones (excluding diaryl/α,β-unsaturated/α-hetero) is 1. The zero-order valence-corrected chi connectivity index (χ0v) is 21.9. The molecule has 0 radical (unpaired) electrons. The second-order valence-electron chi connectivity index (χ2n) is 12.0. The lowest BCUT2D eigenvalue weighted by atomic mass is 9.45. The standard InChI is InChI=1S/C30H35NO4S/c1-28-13-11-20(32)15-19(28)8-9-21-22-12-14-30(35,29(22,2)16-24(33)27(21)28)25(34)17-36-26-10-7-18-5-3-4-6-23(18)31-26/h3-7,10,15,21-22,24,27,33,35H,8-9,11-14,16-17H2,1-2H3/t21?,22?,24?,27?,28?,29?,30-/m0/s1. The number of thioether (sulfide) groups is 1. The van der Waals surface area contributed by atoms with Crippen LogP contribution in [0.15, 0.2) is 53.1 Å². The van der Waals surface area contributed by atoms with Crippen molar-refractivity contribution in [1.29, 1.82) is 0 Å². The van der Waals surface area contributed by atoms with Gasteiger partial charge in [0.1, 0.15) is 5.60 Å². The molecule has 1 heterocycles. The minimum absolute atomic E-state index is 0.0808. The summed E-state index contributed by atoms with van der Waals surface area (Å²) >= 11 is 1.38. The number of fused-ring (bicyclic) bond motifs is 6. The lowest BCUT2D eigenvalue weighted by Crippen LogP contribution is -2.61. The van der Waals surface area contributed by atoms with Gasteiger partial charge in [0.05, 0.1) is 22.4 Å². The molecule has 36 heavy (non-hydrogen) atoms. The molecule has 3 fully saturated rings. The molecule has 4 aliphatic rings. The van der Waals surface area contributed by atoms with Crippen LogP contribution >= 0.6 is 11.8 Å². The summed E-state index contributed by atoms with van der Waals surface area (Å²) in [6.07, 6.45) is 6.05. The van der Waals surface area contributed by atoms with Gasteiger partial charge in [0.15, 0.2) is 11.6 Å². The second-order valence-corrected chi connectivity index (χ2v) is 13.0. The van der Waals surface area contributed by atoms with Crippen molar-refractivity contribution < 1.29 is 19.8 Å². The first-order valence-corrected chi connectivity index (χ1v) is 14.3. The molecule has 0 amide bonds. The van der Waals surface area contributed by atoms with Crippen LogP contribution < -0.4 is 0 Å². The third-order valence-electron chi connectivity index (χ3n) is 10.4. The molecule has 0 bridgehead atoms. The van der Waals surface area contributed by atoms with Crippen molar-refractivity contribution in [2.45, 2.75) is 75.5 Å². The number of allylic oxidation sites excluding steroid dienone is 1. The van der Waals surface area contributed by atoms with E-state index in [2.05, 4.69) is 11.9 Å². The lowest BCUT2D eigenvalue weighted by Gasteiger charge is -2.60. The molecule has 3 saturated carbocycles. The molecule has 6 heteroatoms. The van der Waals surface area contributed by atoms with Crippen LogP contribution in [0.1, 0.15) is 58.8 Å². The molecule has 0 saturated heterocycles. The first-order valence-electron chi connectivity index (χ1n) is 13.3. The highest BCUT2D eigenvalue weighted by atomic mass is 32.2. The van der Waals surface area contributed by atoms with E-state index in [1.54, 1.807) is 0 Å². The molecule has 6 unspecified atom stereocenters. The van der Waals surface area contributed by atoms with Crippen LogP contribution in [-0.4, -0.2) is 44.2 Å². The summed E-state index contributed by atoms with van der Waals surface area (Å²) in [5, 5.41) is 25.4. The number of para-hydroxylation sites is 1. The molecular weight excluding hydrogens is 470 g/mol. The summed E-state index contributed by atoms with van der Waals surface area (Å²) < 4.78 is 0. The Morgan fingerprint density at radius 3 is 2.75 bits per heavy atom. The number of hydrogen-bond donors (Lipinski definition) is 2. The van der Waals surface area contributed by atoms with Crippen molar-refractivity contribution in [2.24, 2.45) is 28.6 Å². The van der Waals surface area contributed by atoms with Crippen LogP contribution in [0.25, 0.3) is 10.9 Å². The lowest BCUT2D eigenvalue weighted by molar-refractivity contribution is -0.178. The first-order chi connectivity index (χ1) is 17.2. The summed E-state index contributed by atoms with van der Waals surface area (Å²) in [5.74, 6) is 0.753. The van der Waals surface area contributed by atoms with E-state index in [0.717, 1.165) is 41.6 Å². The molecule has 2 aromatic rings. The van der Waals surface area contributed by atoms with E-state index in [1.165, 1.54) is 17.3 Å². The molecule has 1 aromatic carbocycles. The Kier molecular flexibility index (Phi) is 5.75. The number of pyridine rings is 1. The Bertz CT molecular complexity index is 1270. The molecule has 0 spiro atoms. The second kappa shape index (κ2) is 8.50. The molecule has 6 rings (SSSR count). The SMILES string of the molecule is CC12CCC(=O)C=C1CCC1C2C(O)CC2(C)C1CC[C@]2(O)C(=O)CSc1ccc2ccccc2n1. The van der Waals surface area contributed by atoms with E-state index < -0.39 is 17.1 Å². The van der Waals surface area contributed by atoms with Gasteiger partial charge in [-0.15, -0.1) is 0 Å². The Morgan fingerprint density at radius 2 is 1.92 bits per heavy atom. The molecule has 190 valence electrons. The number of ketones is 2. The number of aromatic nitrogens is 1. The van der Waals surface area contributed by atoms with Gasteiger partial charge in [-0.25, -0.2) is 4.98 Å². The minimum Gasteiger partial charge on any atom is -0.393 e. The van der Waals surface area contributed by atoms with Crippen LogP contribution in [0.4, 0.5) is 0 Å². The van der Waals surface area contributed by atoms with E-state index in [-0.39, 0.29) is 40.5 Å². The maximum atomic E-state index is 13.6. The number of rotatable bonds is 4. The Balaban J connectivity index is 1.23. The molecule has 0 aliphatic heterocycles. The highest BCUT2D eigenvalue weighted by molar-refractivity contribution is 7.99. The van der Waals surface area contributed by atoms with Crippen molar-refractivity contribution in [1.82, 2.24) is 4.98 Å². The molecule has 2 N–H and O–H groups in total. The number of carbonyl (C=O) groups excluding carboxylic acids is 2. The molecule has 7 atom stereocenters. The summed E-state index contributed by atoms with van der Waals surface area (Å²) in [4.78, 5) is 30.4. The van der Waals surface area contributed by atoms with E-state index in [4.69, 9.17) is 0 Å². The van der Waals surface area contributed by atoms with Gasteiger partial charge in [-0.2, -0.15) is 0 Å². The molecule has 4 aliphatic carbocycles. The maximum absolute atomic E-state index is 13.6. The molecule has 5 nitrogen and oxygen atoms in total. The molecular formula is C30H35NO4S. The Morgan fingerprint density at radius 1 is 1.11 bits per heavy atom. The number of nitrogens with zero attached hydrogens (tertiary/aromatic N) is 1. The third-order valence-corrected chi connectivity index (χ3v) is 11.4. The van der Waals surface area contributed by atoms with Crippen molar-refractivity contribution in [3.05, 3.63) is 48.0 Å². The topological polar surface area (TPSA) is 87.5 Å². The fraction of sp³-hybridized carbons (Fsp3) is 0.567. The quantitative estimate of drug-likeness (QED) is 0.560. The zero-order valence-electron chi connectivity index (χ0n) is 21.1. The minimum atomic E-state index is -1.44. The highest BCUT2D eigenvalue weighted by Gasteiger charge is 2.68. The Labute approximate surface area is 216 Å². The third kappa shape index (κ3) is 3.48. The van der Waals surface area contributed by atoms with Crippen molar-refractivity contribution in [3.8, 4) is 0 Å². The van der Waals surface area contributed by atoms with Crippen LogP contribution in [0.5, 0.6) is 0 Å². The number of aliphatic hydroxyl groups is 2. The van der Waals surface area contributed by atoms with Crippen LogP contribution in [-0.2, 0) is 9.59 Å². The normalized spacial score (nSPS) is 39.8. The number of hydrogen-bond acceptors (Lipinski definition) is 6. The van der Waals surface area contributed by atoms with E-state index >= 15 is 0 Å². The van der Waals surface area contributed by atoms with E-state index in [9.17, 15) is 19.8 Å². The summed E-state index contributed by atoms with van der Waals surface area (Å²) in [6.45, 7) is 4.27. The highest BCUT2D eigenvalue weighted by Crippen LogP contribution is 2.67. The summed E-state index contributed by atoms with van der Waals surface area (Å²) in [7, 11) is 0. The van der Waals surface area contributed by atoms with E-state index in [0.29, 0.717) is 19.3 Å². The van der Waals surface area contributed by atoms with E-state index in [1.807, 2.05) is 49.4 Å². The average molecular weight is 506 g/mol. The first kappa shape index (κ1) is 24.3.